The van der Waals surface area contributed by atoms with Crippen LogP contribution in [-0.2, 0) is 4.79 Å². The number of hydrogen-bond donors (Lipinski definition) is 2. The highest BCUT2D eigenvalue weighted by molar-refractivity contribution is 5.78. The molecule has 2 saturated heterocycles. The second kappa shape index (κ2) is 5.15. The molecule has 0 saturated carbocycles. The molecule has 0 aliphatic carbocycles. The number of nitrogens with zero attached hydrogens (tertiary/aromatic N) is 1. The van der Waals surface area contributed by atoms with Gasteiger partial charge in [0.05, 0.1) is 0 Å². The van der Waals surface area contributed by atoms with Crippen molar-refractivity contribution in [2.24, 2.45) is 0 Å². The van der Waals surface area contributed by atoms with E-state index in [4.69, 9.17) is 0 Å². The van der Waals surface area contributed by atoms with Gasteiger partial charge < -0.3 is 15.3 Å². The molecule has 0 amide bonds. The first-order valence-electron chi connectivity index (χ1n) is 6.44. The van der Waals surface area contributed by atoms with Gasteiger partial charge in [-0.1, -0.05) is 0 Å². The smallest absolute Gasteiger partial charge is 0.323 e. The summed E-state index contributed by atoms with van der Waals surface area (Å²) in [7, 11) is 0. The van der Waals surface area contributed by atoms with Crippen molar-refractivity contribution in [2.75, 3.05) is 26.2 Å². The highest BCUT2D eigenvalue weighted by Crippen LogP contribution is 2.24. The summed E-state index contributed by atoms with van der Waals surface area (Å²) in [6.45, 7) is 4.08. The van der Waals surface area contributed by atoms with E-state index in [2.05, 4.69) is 10.2 Å². The molecule has 2 rings (SSSR count). The lowest BCUT2D eigenvalue weighted by atomic mass is 9.85. The topological polar surface area (TPSA) is 52.6 Å². The molecule has 4 heteroatoms. The lowest BCUT2D eigenvalue weighted by Gasteiger charge is -2.35. The van der Waals surface area contributed by atoms with Crippen LogP contribution in [0.25, 0.3) is 0 Å². The van der Waals surface area contributed by atoms with Crippen LogP contribution >= 0.6 is 0 Å². The van der Waals surface area contributed by atoms with Crippen LogP contribution in [0.5, 0.6) is 0 Å². The van der Waals surface area contributed by atoms with Crippen LogP contribution in [0, 0.1) is 0 Å². The van der Waals surface area contributed by atoms with Crippen LogP contribution in [0.15, 0.2) is 0 Å². The maximum Gasteiger partial charge on any atom is 0.323 e. The van der Waals surface area contributed by atoms with Crippen LogP contribution in [0.1, 0.15) is 38.5 Å². The van der Waals surface area contributed by atoms with E-state index in [0.29, 0.717) is 0 Å². The Morgan fingerprint density at radius 1 is 1.25 bits per heavy atom. The summed E-state index contributed by atoms with van der Waals surface area (Å²) >= 11 is 0. The minimum Gasteiger partial charge on any atom is -0.480 e. The molecule has 92 valence electrons. The molecule has 0 bridgehead atoms. The van der Waals surface area contributed by atoms with Crippen molar-refractivity contribution in [1.29, 1.82) is 0 Å². The Morgan fingerprint density at radius 3 is 2.56 bits per heavy atom. The molecule has 2 N–H and O–H groups in total. The van der Waals surface area contributed by atoms with Crippen LogP contribution in [0.4, 0.5) is 0 Å². The summed E-state index contributed by atoms with van der Waals surface area (Å²) in [6, 6.07) is 0. The maximum absolute atomic E-state index is 11.4. The minimum absolute atomic E-state index is 0.638. The fourth-order valence-corrected chi connectivity index (χ4v) is 2.83. The molecule has 0 radical (unpaired) electrons. The van der Waals surface area contributed by atoms with Crippen molar-refractivity contribution < 1.29 is 9.90 Å². The Labute approximate surface area is 97.0 Å². The zero-order chi connectivity index (χ0) is 11.4. The minimum atomic E-state index is -0.661. The van der Waals surface area contributed by atoms with Gasteiger partial charge in [-0.15, -0.1) is 0 Å². The van der Waals surface area contributed by atoms with Crippen LogP contribution in [-0.4, -0.2) is 47.7 Å². The van der Waals surface area contributed by atoms with E-state index in [0.717, 1.165) is 51.9 Å². The van der Waals surface area contributed by atoms with Gasteiger partial charge in [0.2, 0.25) is 0 Å². The van der Waals surface area contributed by atoms with Crippen molar-refractivity contribution in [2.45, 2.75) is 44.1 Å². The molecule has 0 spiro atoms. The monoisotopic (exact) mass is 226 g/mol. The second-order valence-electron chi connectivity index (χ2n) is 5.07. The number of nitrogens with one attached hydrogen (secondary N) is 1. The van der Waals surface area contributed by atoms with E-state index in [1.807, 2.05) is 0 Å². The molecule has 2 heterocycles. The van der Waals surface area contributed by atoms with E-state index in [1.54, 1.807) is 0 Å². The first kappa shape index (κ1) is 11.9. The highest BCUT2D eigenvalue weighted by atomic mass is 16.4. The quantitative estimate of drug-likeness (QED) is 0.753. The normalized spacial score (nSPS) is 31.8. The van der Waals surface area contributed by atoms with Crippen molar-refractivity contribution in [3.63, 3.8) is 0 Å². The first-order chi connectivity index (χ1) is 7.73. The maximum atomic E-state index is 11.4. The number of hydrogen-bond acceptors (Lipinski definition) is 3. The van der Waals surface area contributed by atoms with Gasteiger partial charge in [-0.2, -0.15) is 0 Å². The molecule has 16 heavy (non-hydrogen) atoms. The molecule has 0 aromatic heterocycles. The number of piperidine rings is 1. The van der Waals surface area contributed by atoms with Gasteiger partial charge >= 0.3 is 5.97 Å². The van der Waals surface area contributed by atoms with E-state index < -0.39 is 11.5 Å². The predicted octanol–water partition coefficient (Wildman–Crippen LogP) is 1.07. The van der Waals surface area contributed by atoms with Gasteiger partial charge in [-0.05, 0) is 58.2 Å². The number of carboxylic acids is 1. The van der Waals surface area contributed by atoms with Crippen LogP contribution in [0.2, 0.25) is 0 Å². The van der Waals surface area contributed by atoms with Gasteiger partial charge in [-0.25, -0.2) is 0 Å². The van der Waals surface area contributed by atoms with Gasteiger partial charge in [0, 0.05) is 6.54 Å². The molecule has 2 aliphatic rings. The van der Waals surface area contributed by atoms with Gasteiger partial charge in [-0.3, -0.25) is 4.79 Å². The van der Waals surface area contributed by atoms with E-state index >= 15 is 0 Å². The number of likely N-dealkylation sites (tertiary alicyclic amines) is 1. The molecule has 2 aliphatic heterocycles. The Bertz CT molecular complexity index is 243. The Hall–Kier alpha value is -0.610. The number of aliphatic carboxylic acids is 1. The van der Waals surface area contributed by atoms with Crippen molar-refractivity contribution in [3.05, 3.63) is 0 Å². The van der Waals surface area contributed by atoms with Crippen LogP contribution in [0.3, 0.4) is 0 Å². The zero-order valence-corrected chi connectivity index (χ0v) is 9.87. The van der Waals surface area contributed by atoms with Crippen molar-refractivity contribution in [1.82, 2.24) is 10.2 Å². The molecule has 4 nitrogen and oxygen atoms in total. The summed E-state index contributed by atoms with van der Waals surface area (Å²) in [5, 5.41) is 12.6. The van der Waals surface area contributed by atoms with E-state index in [1.165, 1.54) is 12.8 Å². The fourth-order valence-electron chi connectivity index (χ4n) is 2.83. The van der Waals surface area contributed by atoms with E-state index in [-0.39, 0.29) is 0 Å². The first-order valence-corrected chi connectivity index (χ1v) is 6.44. The Kier molecular flexibility index (Phi) is 3.82. The third kappa shape index (κ3) is 2.55. The average molecular weight is 226 g/mol. The van der Waals surface area contributed by atoms with Gasteiger partial charge in [0.25, 0.3) is 0 Å². The number of carboxylic acid groups (broad SMARTS) is 1. The molecule has 0 aromatic carbocycles. The van der Waals surface area contributed by atoms with Crippen LogP contribution < -0.4 is 5.32 Å². The summed E-state index contributed by atoms with van der Waals surface area (Å²) in [4.78, 5) is 13.8. The summed E-state index contributed by atoms with van der Waals surface area (Å²) in [5.41, 5.74) is -0.638. The standard InChI is InChI=1S/C12H22N2O2/c15-11(16)12(5-1-2-7-13-12)6-10-14-8-3-4-9-14/h13H,1-10H2,(H,15,16). The largest absolute Gasteiger partial charge is 0.480 e. The number of carbonyl (C=O) groups is 1. The molecular weight excluding hydrogens is 204 g/mol. The highest BCUT2D eigenvalue weighted by Gasteiger charge is 2.39. The summed E-state index contributed by atoms with van der Waals surface area (Å²) in [5.74, 6) is -0.661. The predicted molar refractivity (Wildman–Crippen MR) is 62.5 cm³/mol. The Morgan fingerprint density at radius 2 is 2.00 bits per heavy atom. The molecule has 2 fully saturated rings. The Balaban J connectivity index is 1.88. The second-order valence-corrected chi connectivity index (χ2v) is 5.07. The fraction of sp³-hybridized carbons (Fsp3) is 0.917. The lowest BCUT2D eigenvalue weighted by Crippen LogP contribution is -2.56. The van der Waals surface area contributed by atoms with Gasteiger partial charge in [0.15, 0.2) is 0 Å². The third-order valence-corrected chi connectivity index (χ3v) is 3.96. The SMILES string of the molecule is O=C(O)C1(CCN2CCCC2)CCCCN1. The zero-order valence-electron chi connectivity index (χ0n) is 9.87. The third-order valence-electron chi connectivity index (χ3n) is 3.96. The molecule has 1 atom stereocenters. The molecular formula is C12H22N2O2. The van der Waals surface area contributed by atoms with E-state index in [9.17, 15) is 9.90 Å². The number of rotatable bonds is 4. The van der Waals surface area contributed by atoms with Crippen molar-refractivity contribution in [3.8, 4) is 0 Å². The molecule has 1 unspecified atom stereocenters. The average Bonchev–Trinajstić information content (AvgIpc) is 2.80. The lowest BCUT2D eigenvalue weighted by molar-refractivity contribution is -0.146. The van der Waals surface area contributed by atoms with Crippen molar-refractivity contribution >= 4 is 5.97 Å². The summed E-state index contributed by atoms with van der Waals surface area (Å²) in [6.07, 6.45) is 6.23. The molecule has 0 aromatic rings. The van der Waals surface area contributed by atoms with Gasteiger partial charge in [0.1, 0.15) is 5.54 Å². The summed E-state index contributed by atoms with van der Waals surface area (Å²) < 4.78 is 0.